The van der Waals surface area contributed by atoms with Crippen LogP contribution in [0.3, 0.4) is 0 Å². The minimum atomic E-state index is -0.708. The lowest BCUT2D eigenvalue weighted by molar-refractivity contribution is -0.140. The number of morpholine rings is 1. The lowest BCUT2D eigenvalue weighted by atomic mass is 9.96. The Morgan fingerprint density at radius 2 is 1.85 bits per heavy atom. The molecular weight excluding hydrogens is 494 g/mol. The van der Waals surface area contributed by atoms with E-state index in [0.29, 0.717) is 49.7 Å². The number of aliphatic hydroxyl groups excluding tert-OH is 1. The Kier molecular flexibility index (Phi) is 8.34. The van der Waals surface area contributed by atoms with Crippen molar-refractivity contribution in [2.45, 2.75) is 26.0 Å². The highest BCUT2D eigenvalue weighted by Crippen LogP contribution is 2.39. The van der Waals surface area contributed by atoms with Gasteiger partial charge < -0.3 is 19.5 Å². The number of likely N-dealkylation sites (tertiary alicyclic amines) is 1. The molecule has 1 atom stereocenters. The first-order valence-corrected chi connectivity index (χ1v) is 13.3. The van der Waals surface area contributed by atoms with Gasteiger partial charge in [0.1, 0.15) is 18.1 Å². The Morgan fingerprint density at radius 1 is 1.05 bits per heavy atom. The molecule has 2 aromatic carbocycles. The van der Waals surface area contributed by atoms with Crippen molar-refractivity contribution in [3.05, 3.63) is 101 Å². The summed E-state index contributed by atoms with van der Waals surface area (Å²) in [6, 6.07) is 17.9. The summed E-state index contributed by atoms with van der Waals surface area (Å²) in [6.07, 6.45) is 3.99. The second kappa shape index (κ2) is 12.2. The zero-order chi connectivity index (χ0) is 27.2. The molecule has 2 saturated heterocycles. The fourth-order valence-electron chi connectivity index (χ4n) is 5.12. The number of benzene rings is 2. The predicted molar refractivity (Wildman–Crippen MR) is 147 cm³/mol. The van der Waals surface area contributed by atoms with Crippen molar-refractivity contribution in [1.29, 1.82) is 0 Å². The van der Waals surface area contributed by atoms with Crippen molar-refractivity contribution in [3.8, 4) is 5.75 Å². The number of rotatable bonds is 9. The van der Waals surface area contributed by atoms with E-state index < -0.39 is 17.7 Å². The van der Waals surface area contributed by atoms with Crippen LogP contribution in [0, 0.1) is 6.92 Å². The summed E-state index contributed by atoms with van der Waals surface area (Å²) in [6.45, 7) is 6.77. The summed E-state index contributed by atoms with van der Waals surface area (Å²) in [5, 5.41) is 11.3. The van der Waals surface area contributed by atoms with Gasteiger partial charge in [-0.3, -0.25) is 19.5 Å². The molecular formula is C31H33N3O5. The number of carbonyl (C=O) groups excluding carboxylic acids is 2. The van der Waals surface area contributed by atoms with Crippen LogP contribution in [0.25, 0.3) is 5.76 Å². The van der Waals surface area contributed by atoms with Crippen LogP contribution in [0.2, 0.25) is 0 Å². The van der Waals surface area contributed by atoms with E-state index in [1.165, 1.54) is 0 Å². The topological polar surface area (TPSA) is 92.2 Å². The summed E-state index contributed by atoms with van der Waals surface area (Å²) in [4.78, 5) is 34.5. The normalized spacial score (nSPS) is 19.4. The van der Waals surface area contributed by atoms with Crippen molar-refractivity contribution >= 4 is 17.4 Å². The molecule has 0 unspecified atom stereocenters. The van der Waals surface area contributed by atoms with Crippen LogP contribution in [0.5, 0.6) is 5.75 Å². The van der Waals surface area contributed by atoms with Gasteiger partial charge in [-0.05, 0) is 54.8 Å². The van der Waals surface area contributed by atoms with Crippen LogP contribution in [0.4, 0.5) is 0 Å². The molecule has 39 heavy (non-hydrogen) atoms. The standard InChI is InChI=1S/C31H33N3O5/c1-22-5-2-6-23(19-22)21-39-26-10-8-24(9-11-26)29(35)27-28(25-7-3-12-32-20-25)34(31(37)30(27)36)14-4-13-33-15-17-38-18-16-33/h2-3,5-12,19-20,28,35H,4,13-18,21H2,1H3/b29-27+/t28-/m0/s1. The van der Waals surface area contributed by atoms with Gasteiger partial charge in [-0.15, -0.1) is 0 Å². The molecule has 1 amide bonds. The van der Waals surface area contributed by atoms with E-state index in [1.807, 2.05) is 31.2 Å². The van der Waals surface area contributed by atoms with Crippen molar-refractivity contribution < 1.29 is 24.2 Å². The lowest BCUT2D eigenvalue weighted by Gasteiger charge is -2.29. The number of hydrogen-bond acceptors (Lipinski definition) is 7. The van der Waals surface area contributed by atoms with E-state index in [1.54, 1.807) is 47.6 Å². The number of hydrogen-bond donors (Lipinski definition) is 1. The minimum absolute atomic E-state index is 0.0767. The van der Waals surface area contributed by atoms with Crippen molar-refractivity contribution in [2.24, 2.45) is 0 Å². The average molecular weight is 528 g/mol. The Bertz CT molecular complexity index is 1330. The van der Waals surface area contributed by atoms with Crippen LogP contribution < -0.4 is 4.74 Å². The van der Waals surface area contributed by atoms with Crippen LogP contribution in [0.15, 0.2) is 78.6 Å². The maximum absolute atomic E-state index is 13.3. The smallest absolute Gasteiger partial charge is 0.295 e. The molecule has 0 spiro atoms. The Labute approximate surface area is 228 Å². The number of aryl methyl sites for hydroxylation is 1. The third-order valence-electron chi connectivity index (χ3n) is 7.13. The zero-order valence-corrected chi connectivity index (χ0v) is 22.1. The van der Waals surface area contributed by atoms with E-state index in [2.05, 4.69) is 16.0 Å². The van der Waals surface area contributed by atoms with Gasteiger partial charge in [0.15, 0.2) is 0 Å². The number of ketones is 1. The molecule has 5 rings (SSSR count). The third-order valence-corrected chi connectivity index (χ3v) is 7.13. The van der Waals surface area contributed by atoms with E-state index >= 15 is 0 Å². The van der Waals surface area contributed by atoms with Crippen molar-refractivity contribution in [1.82, 2.24) is 14.8 Å². The van der Waals surface area contributed by atoms with Gasteiger partial charge in [-0.25, -0.2) is 0 Å². The average Bonchev–Trinajstić information content (AvgIpc) is 3.22. The van der Waals surface area contributed by atoms with Gasteiger partial charge in [0.2, 0.25) is 0 Å². The maximum Gasteiger partial charge on any atom is 0.295 e. The van der Waals surface area contributed by atoms with Gasteiger partial charge in [0.05, 0.1) is 24.8 Å². The fourth-order valence-corrected chi connectivity index (χ4v) is 5.12. The first-order valence-electron chi connectivity index (χ1n) is 13.3. The van der Waals surface area contributed by atoms with Gasteiger partial charge >= 0.3 is 0 Å². The number of ether oxygens (including phenoxy) is 2. The van der Waals surface area contributed by atoms with Crippen LogP contribution in [-0.4, -0.2) is 71.0 Å². The Morgan fingerprint density at radius 3 is 2.56 bits per heavy atom. The second-order valence-electron chi connectivity index (χ2n) is 9.89. The number of Topliss-reactive ketones (excluding diaryl/α,β-unsaturated/α-hetero) is 1. The first kappa shape index (κ1) is 26.6. The third kappa shape index (κ3) is 6.19. The molecule has 2 fully saturated rings. The Balaban J connectivity index is 1.36. The summed E-state index contributed by atoms with van der Waals surface area (Å²) in [5.74, 6) is -0.860. The lowest BCUT2D eigenvalue weighted by Crippen LogP contribution is -2.39. The highest BCUT2D eigenvalue weighted by Gasteiger charge is 2.45. The summed E-state index contributed by atoms with van der Waals surface area (Å²) < 4.78 is 11.3. The van der Waals surface area contributed by atoms with Gasteiger partial charge in [0.25, 0.3) is 11.7 Å². The van der Waals surface area contributed by atoms with E-state index in [4.69, 9.17) is 9.47 Å². The monoisotopic (exact) mass is 527 g/mol. The summed E-state index contributed by atoms with van der Waals surface area (Å²) in [7, 11) is 0. The molecule has 0 saturated carbocycles. The Hall–Kier alpha value is -4.01. The number of nitrogens with zero attached hydrogens (tertiary/aromatic N) is 3. The highest BCUT2D eigenvalue weighted by molar-refractivity contribution is 6.46. The number of pyridine rings is 1. The van der Waals surface area contributed by atoms with Crippen LogP contribution >= 0.6 is 0 Å². The van der Waals surface area contributed by atoms with Gasteiger partial charge in [-0.1, -0.05) is 35.9 Å². The number of aliphatic hydroxyl groups is 1. The minimum Gasteiger partial charge on any atom is -0.507 e. The van der Waals surface area contributed by atoms with Gasteiger partial charge in [0, 0.05) is 44.1 Å². The molecule has 2 aliphatic heterocycles. The molecule has 1 N–H and O–H groups in total. The molecule has 1 aromatic heterocycles. The molecule has 3 aromatic rings. The van der Waals surface area contributed by atoms with E-state index in [9.17, 15) is 14.7 Å². The number of aromatic nitrogens is 1. The second-order valence-corrected chi connectivity index (χ2v) is 9.89. The summed E-state index contributed by atoms with van der Waals surface area (Å²) in [5.41, 5.74) is 3.43. The summed E-state index contributed by atoms with van der Waals surface area (Å²) >= 11 is 0. The molecule has 0 bridgehead atoms. The number of carbonyl (C=O) groups is 2. The molecule has 0 aliphatic carbocycles. The molecule has 0 radical (unpaired) electrons. The van der Waals surface area contributed by atoms with Crippen LogP contribution in [-0.2, 0) is 20.9 Å². The van der Waals surface area contributed by atoms with Crippen molar-refractivity contribution in [3.63, 3.8) is 0 Å². The first-order chi connectivity index (χ1) is 19.0. The molecule has 3 heterocycles. The predicted octanol–water partition coefficient (Wildman–Crippen LogP) is 4.11. The zero-order valence-electron chi connectivity index (χ0n) is 22.1. The quantitative estimate of drug-likeness (QED) is 0.254. The highest BCUT2D eigenvalue weighted by atomic mass is 16.5. The molecule has 8 nitrogen and oxygen atoms in total. The van der Waals surface area contributed by atoms with E-state index in [0.717, 1.165) is 30.8 Å². The van der Waals surface area contributed by atoms with Crippen molar-refractivity contribution in [2.75, 3.05) is 39.4 Å². The fraction of sp³-hybridized carbons (Fsp3) is 0.323. The van der Waals surface area contributed by atoms with Gasteiger partial charge in [-0.2, -0.15) is 0 Å². The molecule has 8 heteroatoms. The molecule has 202 valence electrons. The van der Waals surface area contributed by atoms with E-state index in [-0.39, 0.29) is 11.3 Å². The largest absolute Gasteiger partial charge is 0.507 e. The van der Waals surface area contributed by atoms with Crippen LogP contribution in [0.1, 0.15) is 34.7 Å². The SMILES string of the molecule is Cc1cccc(COc2ccc(/C(O)=C3\C(=O)C(=O)N(CCCN4CCOCC4)[C@H]3c3cccnc3)cc2)c1. The molecule has 2 aliphatic rings. The number of amides is 1. The maximum atomic E-state index is 13.3.